The second-order valence-electron chi connectivity index (χ2n) is 3.90. The predicted molar refractivity (Wildman–Crippen MR) is 82.9 cm³/mol. The number of nitrogens with zero attached hydrogens (tertiary/aromatic N) is 1. The van der Waals surface area contributed by atoms with Crippen LogP contribution in [0.5, 0.6) is 0 Å². The Hall–Kier alpha value is -0.0900. The Balaban J connectivity index is -0.000000186. The molecule has 0 aliphatic rings. The number of hydrogen-bond donors (Lipinski definition) is 0. The third-order valence-electron chi connectivity index (χ3n) is 2.15. The van der Waals surface area contributed by atoms with Gasteiger partial charge >= 0.3 is 0 Å². The molecule has 0 unspecified atom stereocenters. The molecule has 0 N–H and O–H groups in total. The van der Waals surface area contributed by atoms with Crippen LogP contribution in [0.15, 0.2) is 24.3 Å². The Morgan fingerprint density at radius 2 is 1.61 bits per heavy atom. The molecule has 0 aromatic heterocycles. The van der Waals surface area contributed by atoms with Gasteiger partial charge in [0.25, 0.3) is 0 Å². The second-order valence-corrected chi connectivity index (χ2v) is 3.90. The zero-order valence-electron chi connectivity index (χ0n) is 11.3. The first-order chi connectivity index (χ1) is 7.18. The van der Waals surface area contributed by atoms with Crippen LogP contribution in [0.3, 0.4) is 0 Å². The summed E-state index contributed by atoms with van der Waals surface area (Å²) in [5.41, 5.74) is 2.82. The van der Waals surface area contributed by atoms with Crippen molar-refractivity contribution in [2.24, 2.45) is 0 Å². The maximum absolute atomic E-state index is 2.27. The van der Waals surface area contributed by atoms with Crippen LogP contribution in [-0.2, 0) is 6.42 Å². The molecular formula is C16H33IN-. The van der Waals surface area contributed by atoms with Crippen molar-refractivity contribution >= 4 is 0 Å². The van der Waals surface area contributed by atoms with Crippen LogP contribution in [0, 0.1) is 6.92 Å². The van der Waals surface area contributed by atoms with Crippen LogP contribution in [0.25, 0.3) is 0 Å². The first kappa shape index (κ1) is 26.5. The molecule has 1 aromatic carbocycles. The zero-order valence-corrected chi connectivity index (χ0v) is 13.4. The lowest BCUT2D eigenvalue weighted by molar-refractivity contribution is -0.00000429. The Bertz CT molecular complexity index is 259. The van der Waals surface area contributed by atoms with Crippen LogP contribution in [0.2, 0.25) is 0 Å². The molecule has 110 valence electrons. The summed E-state index contributed by atoms with van der Waals surface area (Å²) in [4.78, 5) is 2.23. The van der Waals surface area contributed by atoms with Gasteiger partial charge in [0.2, 0.25) is 0 Å². The van der Waals surface area contributed by atoms with Crippen molar-refractivity contribution in [3.8, 4) is 0 Å². The van der Waals surface area contributed by atoms with Crippen molar-refractivity contribution in [1.29, 1.82) is 0 Å². The van der Waals surface area contributed by atoms with E-state index in [0.29, 0.717) is 0 Å². The minimum absolute atomic E-state index is 0. The van der Waals surface area contributed by atoms with Gasteiger partial charge in [-0.05, 0) is 46.0 Å². The van der Waals surface area contributed by atoms with Gasteiger partial charge in [0.1, 0.15) is 0 Å². The van der Waals surface area contributed by atoms with Crippen molar-refractivity contribution in [3.05, 3.63) is 35.4 Å². The van der Waals surface area contributed by atoms with Gasteiger partial charge in [-0.1, -0.05) is 58.5 Å². The molecule has 0 heterocycles. The smallest absolute Gasteiger partial charge is 0.00217 e. The Labute approximate surface area is 133 Å². The molecule has 0 spiro atoms. The van der Waals surface area contributed by atoms with E-state index in [0.717, 1.165) is 0 Å². The minimum atomic E-state index is 0. The van der Waals surface area contributed by atoms with E-state index < -0.39 is 0 Å². The highest BCUT2D eigenvalue weighted by Gasteiger charge is 1.94. The van der Waals surface area contributed by atoms with E-state index in [1.54, 1.807) is 0 Å². The molecule has 0 fully saturated rings. The van der Waals surface area contributed by atoms with E-state index in [4.69, 9.17) is 0 Å². The van der Waals surface area contributed by atoms with Gasteiger partial charge in [-0.2, -0.15) is 0 Å². The van der Waals surface area contributed by atoms with E-state index >= 15 is 0 Å². The highest BCUT2D eigenvalue weighted by molar-refractivity contribution is 5.22. The van der Waals surface area contributed by atoms with Crippen LogP contribution in [-0.4, -0.2) is 25.5 Å². The monoisotopic (exact) mass is 366 g/mol. The first-order valence-electron chi connectivity index (χ1n) is 5.89. The molecule has 1 nitrogen and oxygen atoms in total. The van der Waals surface area contributed by atoms with Gasteiger partial charge in [0.05, 0.1) is 0 Å². The number of rotatable bonds is 4. The average Bonchev–Trinajstić information content (AvgIpc) is 2.20. The van der Waals surface area contributed by atoms with E-state index in [2.05, 4.69) is 50.2 Å². The normalized spacial score (nSPS) is 8.11. The predicted octanol–water partition coefficient (Wildman–Crippen LogP) is 1.79. The SMILES string of the molecule is C.C.CC.Cc1cccc(CCCN(C)C)c1.[I-]. The number of hydrogen-bond acceptors (Lipinski definition) is 1. The van der Waals surface area contributed by atoms with Gasteiger partial charge in [0.15, 0.2) is 0 Å². The molecule has 2 heteroatoms. The van der Waals surface area contributed by atoms with Crippen LogP contribution >= 0.6 is 0 Å². The molecule has 0 radical (unpaired) electrons. The average molecular weight is 366 g/mol. The lowest BCUT2D eigenvalue weighted by atomic mass is 10.1. The summed E-state index contributed by atoms with van der Waals surface area (Å²) >= 11 is 0. The Morgan fingerprint density at radius 1 is 1.06 bits per heavy atom. The highest BCUT2D eigenvalue weighted by atomic mass is 127. The molecule has 0 amide bonds. The summed E-state index contributed by atoms with van der Waals surface area (Å²) in [5, 5.41) is 0. The third-order valence-corrected chi connectivity index (χ3v) is 2.15. The highest BCUT2D eigenvalue weighted by Crippen LogP contribution is 2.06. The molecule has 0 bridgehead atoms. The van der Waals surface area contributed by atoms with E-state index in [9.17, 15) is 0 Å². The molecule has 0 aliphatic heterocycles. The van der Waals surface area contributed by atoms with Crippen molar-refractivity contribution < 1.29 is 24.0 Å². The molecule has 18 heavy (non-hydrogen) atoms. The van der Waals surface area contributed by atoms with Crippen LogP contribution in [0.4, 0.5) is 0 Å². The lowest BCUT2D eigenvalue weighted by Crippen LogP contribution is -3.00. The number of aryl methyl sites for hydroxylation is 2. The lowest BCUT2D eigenvalue weighted by Gasteiger charge is -2.08. The summed E-state index contributed by atoms with van der Waals surface area (Å²) < 4.78 is 0. The zero-order chi connectivity index (χ0) is 11.7. The number of benzene rings is 1. The molecule has 0 saturated heterocycles. The molecule has 0 atom stereocenters. The fourth-order valence-electron chi connectivity index (χ4n) is 1.47. The topological polar surface area (TPSA) is 3.24 Å². The van der Waals surface area contributed by atoms with Crippen molar-refractivity contribution in [2.75, 3.05) is 20.6 Å². The summed E-state index contributed by atoms with van der Waals surface area (Å²) in [5.74, 6) is 0. The third kappa shape index (κ3) is 14.0. The largest absolute Gasteiger partial charge is 1.00 e. The summed E-state index contributed by atoms with van der Waals surface area (Å²) in [6.45, 7) is 7.32. The molecule has 0 saturated carbocycles. The molecular weight excluding hydrogens is 333 g/mol. The fraction of sp³-hybridized carbons (Fsp3) is 0.625. The molecule has 1 rings (SSSR count). The van der Waals surface area contributed by atoms with Gasteiger partial charge < -0.3 is 28.9 Å². The quantitative estimate of drug-likeness (QED) is 0.735. The fourth-order valence-corrected chi connectivity index (χ4v) is 1.47. The first-order valence-corrected chi connectivity index (χ1v) is 5.89. The van der Waals surface area contributed by atoms with Gasteiger partial charge in [-0.15, -0.1) is 0 Å². The Morgan fingerprint density at radius 3 is 2.06 bits per heavy atom. The minimum Gasteiger partial charge on any atom is -1.00 e. The standard InChI is InChI=1S/C12H19N.C2H6.2CH4.HI/c1-11-6-4-7-12(10-11)8-5-9-13(2)3;1-2;;;/h4,6-7,10H,5,8-9H2,1-3H3;1-2H3;2*1H4;1H/p-1. The summed E-state index contributed by atoms with van der Waals surface area (Å²) in [7, 11) is 4.24. The van der Waals surface area contributed by atoms with Crippen molar-refractivity contribution in [3.63, 3.8) is 0 Å². The maximum atomic E-state index is 2.27. The molecule has 1 aromatic rings. The van der Waals surface area contributed by atoms with Gasteiger partial charge in [-0.3, -0.25) is 0 Å². The van der Waals surface area contributed by atoms with Gasteiger partial charge in [0, 0.05) is 0 Å². The van der Waals surface area contributed by atoms with E-state index in [1.165, 1.54) is 30.5 Å². The second kappa shape index (κ2) is 16.9. The van der Waals surface area contributed by atoms with E-state index in [1.807, 2.05) is 13.8 Å². The molecule has 0 aliphatic carbocycles. The summed E-state index contributed by atoms with van der Waals surface area (Å²) in [6.07, 6.45) is 2.44. The Kier molecular flexibility index (Phi) is 24.9. The van der Waals surface area contributed by atoms with Crippen molar-refractivity contribution in [2.45, 2.75) is 48.5 Å². The van der Waals surface area contributed by atoms with Crippen LogP contribution in [0.1, 0.15) is 46.2 Å². The number of halogens is 1. The van der Waals surface area contributed by atoms with Crippen LogP contribution < -0.4 is 24.0 Å². The summed E-state index contributed by atoms with van der Waals surface area (Å²) in [6, 6.07) is 8.77. The van der Waals surface area contributed by atoms with E-state index in [-0.39, 0.29) is 38.8 Å². The van der Waals surface area contributed by atoms with Crippen molar-refractivity contribution in [1.82, 2.24) is 4.90 Å². The van der Waals surface area contributed by atoms with Gasteiger partial charge in [-0.25, -0.2) is 0 Å². The maximum Gasteiger partial charge on any atom is -0.00217 e.